The summed E-state index contributed by atoms with van der Waals surface area (Å²) >= 11 is 0. The number of aliphatic imine (C=N–C) groups is 1. The fourth-order valence-corrected chi connectivity index (χ4v) is 15.0. The van der Waals surface area contributed by atoms with Gasteiger partial charge in [0.05, 0.1) is 29.4 Å². The summed E-state index contributed by atoms with van der Waals surface area (Å²) in [6.07, 6.45) is 13.6. The lowest BCUT2D eigenvalue weighted by molar-refractivity contribution is -0.888. The van der Waals surface area contributed by atoms with Crippen LogP contribution in [0.4, 0.5) is 0 Å². The number of phenolic OH excluding ortho intramolecular Hbond substituents is 1. The minimum Gasteiger partial charge on any atom is -0.508 e. The van der Waals surface area contributed by atoms with E-state index in [1.54, 1.807) is 27.7 Å². The smallest absolute Gasteiger partial charge is 0.252 e. The number of benzene rings is 2. The highest BCUT2D eigenvalue weighted by Gasteiger charge is 2.53. The fourth-order valence-electron chi connectivity index (χ4n) is 12.3. The number of quaternary nitrogens is 1. The third-order valence-corrected chi connectivity index (χ3v) is 18.1. The number of aliphatic hydroxyl groups is 3. The van der Waals surface area contributed by atoms with Crippen LogP contribution < -0.4 is 25.4 Å². The predicted molar refractivity (Wildman–Crippen MR) is 243 cm³/mol. The topological polar surface area (TPSA) is 171 Å². The average Bonchev–Trinajstić information content (AvgIpc) is 4.01. The molecule has 3 aliphatic carbocycles. The van der Waals surface area contributed by atoms with E-state index in [0.29, 0.717) is 42.3 Å². The zero-order chi connectivity index (χ0) is 43.2. The van der Waals surface area contributed by atoms with Crippen molar-refractivity contribution in [2.75, 3.05) is 18.8 Å². The molecule has 63 heavy (non-hydrogen) atoms. The number of hydrogen-bond acceptors (Lipinski definition) is 12. The monoisotopic (exact) mass is 887 g/mol. The number of nitrogens with two attached hydrogens (primary N) is 1. The van der Waals surface area contributed by atoms with Crippen molar-refractivity contribution in [2.45, 2.75) is 119 Å². The zero-order valence-corrected chi connectivity index (χ0v) is 37.1. The second-order valence-corrected chi connectivity index (χ2v) is 21.9. The molecule has 1 saturated carbocycles. The largest absolute Gasteiger partial charge is 0.508 e. The van der Waals surface area contributed by atoms with Crippen LogP contribution in [0.5, 0.6) is 17.2 Å². The number of carbonyl (C=O) groups is 1. The number of fused-ring (bicyclic) bond motifs is 2. The van der Waals surface area contributed by atoms with Gasteiger partial charge in [0.15, 0.2) is 11.5 Å². The number of phenols is 1. The fraction of sp³-hybridized carbons (Fsp3) is 0.520. The Labute approximate surface area is 376 Å². The first-order valence-corrected chi connectivity index (χ1v) is 25.3. The Hall–Kier alpha value is -4.02. The van der Waals surface area contributed by atoms with Crippen molar-refractivity contribution in [3.05, 3.63) is 87.3 Å². The van der Waals surface area contributed by atoms with Crippen LogP contribution >= 0.6 is 21.6 Å². The summed E-state index contributed by atoms with van der Waals surface area (Å²) in [6, 6.07) is 5.71. The van der Waals surface area contributed by atoms with Crippen LogP contribution in [-0.2, 0) is 22.4 Å². The van der Waals surface area contributed by atoms with E-state index >= 15 is 0 Å². The maximum absolute atomic E-state index is 13.7. The van der Waals surface area contributed by atoms with Crippen LogP contribution in [0.1, 0.15) is 116 Å². The minimum atomic E-state index is -1.07. The van der Waals surface area contributed by atoms with Crippen LogP contribution in [0.2, 0.25) is 0 Å². The lowest BCUT2D eigenvalue weighted by Crippen LogP contribution is -3.13. The molecule has 11 nitrogen and oxygen atoms in total. The molecule has 13 heteroatoms. The highest BCUT2D eigenvalue weighted by molar-refractivity contribution is 8.76. The van der Waals surface area contributed by atoms with Gasteiger partial charge in [0.25, 0.3) is 6.23 Å². The van der Waals surface area contributed by atoms with Gasteiger partial charge in [-0.05, 0) is 72.3 Å². The summed E-state index contributed by atoms with van der Waals surface area (Å²) in [5.41, 5.74) is 14.9. The third kappa shape index (κ3) is 7.01. The molecule has 328 valence electrons. The van der Waals surface area contributed by atoms with E-state index in [-0.39, 0.29) is 54.2 Å². The number of ketones is 1. The number of nitrogens with zero attached hydrogens (tertiary/aromatic N) is 1. The maximum Gasteiger partial charge on any atom is 0.252 e. The molecule has 8 aliphatic heterocycles. The molecule has 11 unspecified atom stereocenters. The third-order valence-electron chi connectivity index (χ3n) is 15.6. The normalized spacial score (nSPS) is 34.3. The van der Waals surface area contributed by atoms with Gasteiger partial charge >= 0.3 is 0 Å². The molecule has 8 N–H and O–H groups in total. The van der Waals surface area contributed by atoms with Crippen LogP contribution in [0, 0.1) is 47.0 Å². The van der Waals surface area contributed by atoms with Gasteiger partial charge < -0.3 is 35.6 Å². The average molecular weight is 888 g/mol. The minimum absolute atomic E-state index is 0.00827. The van der Waals surface area contributed by atoms with Crippen LogP contribution in [0.25, 0.3) is 0 Å². The van der Waals surface area contributed by atoms with Crippen molar-refractivity contribution < 1.29 is 39.6 Å². The van der Waals surface area contributed by atoms with E-state index in [1.165, 1.54) is 5.56 Å². The molecule has 11 atom stereocenters. The molecule has 2 aromatic carbocycles. The molecular weight excluding hydrogens is 833 g/mol. The summed E-state index contributed by atoms with van der Waals surface area (Å²) < 4.78 is 13.8. The van der Waals surface area contributed by atoms with Crippen molar-refractivity contribution >= 4 is 33.1 Å². The molecular formula is C50H55N4O7S2+. The van der Waals surface area contributed by atoms with E-state index in [4.69, 9.17) is 20.2 Å². The van der Waals surface area contributed by atoms with Gasteiger partial charge in [-0.2, -0.15) is 0 Å². The van der Waals surface area contributed by atoms with E-state index in [9.17, 15) is 25.2 Å². The number of hydrogen-bond donors (Lipinski definition) is 7. The molecule has 2 aromatic rings. The van der Waals surface area contributed by atoms with Gasteiger partial charge in [0, 0.05) is 71.5 Å². The Morgan fingerprint density at radius 1 is 1.14 bits per heavy atom. The van der Waals surface area contributed by atoms with Crippen molar-refractivity contribution in [2.24, 2.45) is 33.9 Å². The lowest BCUT2D eigenvalue weighted by Gasteiger charge is -2.49. The second-order valence-electron chi connectivity index (χ2n) is 19.4. The number of carbonyl (C=O) groups excluding carboxylic acids is 1. The first-order chi connectivity index (χ1) is 30.5. The van der Waals surface area contributed by atoms with Crippen LogP contribution in [-0.4, -0.2) is 69.2 Å². The molecule has 0 radical (unpaired) electrons. The van der Waals surface area contributed by atoms with Crippen LogP contribution in [0.3, 0.4) is 0 Å². The Bertz CT molecular complexity index is 2520. The van der Waals surface area contributed by atoms with Gasteiger partial charge in [-0.1, -0.05) is 83.4 Å². The summed E-state index contributed by atoms with van der Waals surface area (Å²) in [5.74, 6) is 11.7. The molecule has 10 bridgehead atoms. The van der Waals surface area contributed by atoms with E-state index < -0.39 is 41.8 Å². The Morgan fingerprint density at radius 2 is 1.98 bits per heavy atom. The van der Waals surface area contributed by atoms with Crippen molar-refractivity contribution in [1.29, 1.82) is 0 Å². The lowest BCUT2D eigenvalue weighted by atomic mass is 9.61. The molecule has 0 aromatic heterocycles. The van der Waals surface area contributed by atoms with E-state index in [0.717, 1.165) is 88.3 Å². The molecule has 0 saturated heterocycles. The number of ether oxygens (including phenoxy) is 2. The van der Waals surface area contributed by atoms with Crippen molar-refractivity contribution in [3.63, 3.8) is 0 Å². The number of rotatable bonds is 6. The molecule has 2 spiro atoms. The van der Waals surface area contributed by atoms with Gasteiger partial charge in [-0.3, -0.25) is 20.0 Å². The standard InChI is InChI=1S/C50H54N4O7S2/c1-27-4-6-31(40(57)18-27)41(58)19-28(55)5-7-29-36-24-62-63-26-50-15-12-30-34-21-52-38-23-54(22-35(34)38)48-37(10-11-39(56)32-8-9-33(45(50)44(30)32)47(51)53-25-50)49(13-2-3-14-49)16-17-60-43(20-42(29)59)46(36)61-48/h4,6,8-9,20-22,27,30-31,37,39-41,47-48,53,56-59H,2-3,5,7,12-15,18-19,23-26,51H2,1H3/p+1. The molecule has 13 rings (SSSR count). The first kappa shape index (κ1) is 41.7. The Kier molecular flexibility index (Phi) is 10.7. The van der Waals surface area contributed by atoms with Gasteiger partial charge in [0.1, 0.15) is 48.1 Å². The summed E-state index contributed by atoms with van der Waals surface area (Å²) in [4.78, 5) is 19.8. The van der Waals surface area contributed by atoms with Gasteiger partial charge in [-0.25, -0.2) is 0 Å². The summed E-state index contributed by atoms with van der Waals surface area (Å²) in [5, 5.41) is 49.8. The first-order valence-electron chi connectivity index (χ1n) is 22.8. The highest BCUT2D eigenvalue weighted by atomic mass is 33.1. The molecule has 1 fully saturated rings. The Morgan fingerprint density at radius 3 is 2.83 bits per heavy atom. The predicted octanol–water partition coefficient (Wildman–Crippen LogP) is 4.90. The molecule has 11 aliphatic rings. The number of aromatic hydroxyl groups is 1. The maximum atomic E-state index is 13.7. The highest BCUT2D eigenvalue weighted by Crippen LogP contribution is 2.56. The van der Waals surface area contributed by atoms with Crippen molar-refractivity contribution in [3.8, 4) is 41.1 Å². The number of nitrogens with one attached hydrogen (secondary N) is 2. The van der Waals surface area contributed by atoms with Crippen molar-refractivity contribution in [1.82, 2.24) is 5.32 Å². The number of aliphatic hydroxyl groups excluding tert-OH is 3. The molecule has 8 heterocycles. The van der Waals surface area contributed by atoms with Gasteiger partial charge in [0.2, 0.25) is 0 Å². The van der Waals surface area contributed by atoms with E-state index in [2.05, 4.69) is 41.5 Å². The SMILES string of the molecule is CC1C=CC(C(O)CC(=O)CCc2c(O)cc3c4c2CSSCC25CCC6C7=CN=C8C[NH+](C=C78)C(O4)C(C#CC(O)c4ccc(c2c46)C(N)NC5)C2(C#CO3)CCCC2)C(O)C1. The second kappa shape index (κ2) is 16.1. The molecule has 0 amide bonds. The van der Waals surface area contributed by atoms with E-state index in [1.807, 2.05) is 31.3 Å². The zero-order valence-electron chi connectivity index (χ0n) is 35.5. The quantitative estimate of drug-likeness (QED) is 0.120. The number of Topliss-reactive ketones (excluding diaryl/α,β-unsaturated/α-hetero) is 1. The van der Waals surface area contributed by atoms with Gasteiger partial charge in [-0.15, -0.1) is 0 Å². The summed E-state index contributed by atoms with van der Waals surface area (Å²) in [7, 11) is 3.45. The van der Waals surface area contributed by atoms with Crippen LogP contribution in [0.15, 0.2) is 58.9 Å². The Balaban J connectivity index is 1.06. The summed E-state index contributed by atoms with van der Waals surface area (Å²) in [6.45, 7) is 3.29. The number of allylic oxidation sites excluding steroid dienone is 2.